The quantitative estimate of drug-likeness (QED) is 0.878. The molecule has 1 saturated carbocycles. The third-order valence-electron chi connectivity index (χ3n) is 3.96. The number of nitrogens with two attached hydrogens (primary N) is 1. The van der Waals surface area contributed by atoms with Gasteiger partial charge < -0.3 is 14.7 Å². The monoisotopic (exact) mass is 362 g/mol. The molecule has 8 nitrogen and oxygen atoms in total. The molecule has 0 saturated heterocycles. The lowest BCUT2D eigenvalue weighted by Crippen LogP contribution is -2.44. The number of halogens is 1. The molecule has 2 N–H and O–H groups in total. The summed E-state index contributed by atoms with van der Waals surface area (Å²) in [5, 5.41) is 3.89. The fourth-order valence-corrected chi connectivity index (χ4v) is 3.38. The van der Waals surface area contributed by atoms with Crippen molar-refractivity contribution in [2.45, 2.75) is 36.6 Å². The molecule has 1 aliphatic carbocycles. The van der Waals surface area contributed by atoms with Gasteiger partial charge in [-0.1, -0.05) is 5.16 Å². The molecule has 2 aromatic heterocycles. The van der Waals surface area contributed by atoms with Crippen molar-refractivity contribution in [3.05, 3.63) is 17.7 Å². The Labute approximate surface area is 140 Å². The number of sulfonamides is 1. The molecule has 2 heterocycles. The molecule has 0 atom stereocenters. The van der Waals surface area contributed by atoms with Crippen LogP contribution in [0.25, 0.3) is 11.7 Å². The number of nitrogens with zero attached hydrogens (tertiary/aromatic N) is 3. The molecule has 0 radical (unpaired) electrons. The Morgan fingerprint density at radius 2 is 2.00 bits per heavy atom. The summed E-state index contributed by atoms with van der Waals surface area (Å²) in [5.74, 6) is 1.06. The van der Waals surface area contributed by atoms with Crippen molar-refractivity contribution in [2.24, 2.45) is 5.73 Å². The molecule has 0 unspecified atom stereocenters. The SMILES string of the molecule is Cc1oc(-c2nc(C3(N)CCC3)no2)cc1S(=O)(=O)N(C)C.Cl. The molecular weight excluding hydrogens is 344 g/mol. The predicted octanol–water partition coefficient (Wildman–Crippen LogP) is 1.65. The van der Waals surface area contributed by atoms with Crippen LogP contribution in [-0.2, 0) is 15.6 Å². The third kappa shape index (κ3) is 2.89. The van der Waals surface area contributed by atoms with E-state index in [9.17, 15) is 8.42 Å². The van der Waals surface area contributed by atoms with Crippen molar-refractivity contribution in [3.8, 4) is 11.7 Å². The molecule has 2 aromatic rings. The lowest BCUT2D eigenvalue weighted by Gasteiger charge is -2.34. The first-order valence-corrected chi connectivity index (χ1v) is 8.34. The second-order valence-corrected chi connectivity index (χ2v) is 7.87. The van der Waals surface area contributed by atoms with Crippen molar-refractivity contribution >= 4 is 22.4 Å². The molecule has 0 spiro atoms. The van der Waals surface area contributed by atoms with Crippen molar-refractivity contribution < 1.29 is 17.4 Å². The number of rotatable bonds is 4. The average Bonchev–Trinajstić information content (AvgIpc) is 3.02. The smallest absolute Gasteiger partial charge is 0.293 e. The van der Waals surface area contributed by atoms with Gasteiger partial charge in [0, 0.05) is 20.2 Å². The molecule has 23 heavy (non-hydrogen) atoms. The second-order valence-electron chi connectivity index (χ2n) is 5.75. The van der Waals surface area contributed by atoms with Gasteiger partial charge in [-0.25, -0.2) is 12.7 Å². The lowest BCUT2D eigenvalue weighted by atomic mass is 9.77. The van der Waals surface area contributed by atoms with E-state index in [1.165, 1.54) is 20.2 Å². The Morgan fingerprint density at radius 3 is 2.52 bits per heavy atom. The molecule has 10 heteroatoms. The zero-order valence-electron chi connectivity index (χ0n) is 13.1. The van der Waals surface area contributed by atoms with Crippen LogP contribution in [0.4, 0.5) is 0 Å². The summed E-state index contributed by atoms with van der Waals surface area (Å²) < 4.78 is 36.2. The first kappa shape index (κ1) is 17.9. The van der Waals surface area contributed by atoms with Crippen LogP contribution in [0.15, 0.2) is 19.9 Å². The van der Waals surface area contributed by atoms with Gasteiger partial charge in [-0.2, -0.15) is 4.98 Å². The maximum Gasteiger partial charge on any atom is 0.293 e. The van der Waals surface area contributed by atoms with E-state index in [1.807, 2.05) is 0 Å². The van der Waals surface area contributed by atoms with Crippen LogP contribution >= 0.6 is 12.4 Å². The highest BCUT2D eigenvalue weighted by Crippen LogP contribution is 2.38. The Balaban J connectivity index is 0.00000192. The highest BCUT2D eigenvalue weighted by atomic mass is 35.5. The summed E-state index contributed by atoms with van der Waals surface area (Å²) in [6.07, 6.45) is 2.65. The lowest BCUT2D eigenvalue weighted by molar-refractivity contribution is 0.229. The number of hydrogen-bond donors (Lipinski definition) is 1. The maximum absolute atomic E-state index is 12.2. The summed E-state index contributed by atoms with van der Waals surface area (Å²) in [5.41, 5.74) is 5.60. The van der Waals surface area contributed by atoms with Gasteiger partial charge in [0.25, 0.3) is 5.89 Å². The molecule has 0 aromatic carbocycles. The minimum Gasteiger partial charge on any atom is -0.455 e. The van der Waals surface area contributed by atoms with E-state index < -0.39 is 15.6 Å². The first-order valence-electron chi connectivity index (χ1n) is 6.90. The van der Waals surface area contributed by atoms with Crippen LogP contribution in [0, 0.1) is 6.92 Å². The average molecular weight is 363 g/mol. The molecule has 0 aliphatic heterocycles. The topological polar surface area (TPSA) is 115 Å². The zero-order valence-corrected chi connectivity index (χ0v) is 14.7. The largest absolute Gasteiger partial charge is 0.455 e. The summed E-state index contributed by atoms with van der Waals surface area (Å²) in [6, 6.07) is 1.39. The fraction of sp³-hybridized carbons (Fsp3) is 0.538. The van der Waals surface area contributed by atoms with Gasteiger partial charge >= 0.3 is 0 Å². The van der Waals surface area contributed by atoms with Crippen LogP contribution in [-0.4, -0.2) is 37.0 Å². The van der Waals surface area contributed by atoms with Gasteiger partial charge in [0.05, 0.1) is 5.54 Å². The highest BCUT2D eigenvalue weighted by Gasteiger charge is 2.39. The van der Waals surface area contributed by atoms with Crippen molar-refractivity contribution in [1.29, 1.82) is 0 Å². The van der Waals surface area contributed by atoms with Gasteiger partial charge in [0.2, 0.25) is 10.0 Å². The molecule has 1 fully saturated rings. The summed E-state index contributed by atoms with van der Waals surface area (Å²) in [4.78, 5) is 4.33. The Kier molecular flexibility index (Phi) is 4.60. The minimum atomic E-state index is -3.58. The Bertz CT molecular complexity index is 808. The van der Waals surface area contributed by atoms with E-state index in [0.29, 0.717) is 5.82 Å². The normalized spacial score (nSPS) is 16.9. The van der Waals surface area contributed by atoms with Crippen molar-refractivity contribution in [1.82, 2.24) is 14.4 Å². The molecule has 0 amide bonds. The van der Waals surface area contributed by atoms with E-state index in [0.717, 1.165) is 23.6 Å². The maximum atomic E-state index is 12.2. The van der Waals surface area contributed by atoms with E-state index >= 15 is 0 Å². The summed E-state index contributed by atoms with van der Waals surface area (Å²) >= 11 is 0. The molecule has 3 rings (SSSR count). The van der Waals surface area contributed by atoms with Crippen LogP contribution in [0.5, 0.6) is 0 Å². The summed E-state index contributed by atoms with van der Waals surface area (Å²) in [6.45, 7) is 1.58. The molecule has 0 bridgehead atoms. The number of hydrogen-bond acceptors (Lipinski definition) is 7. The fourth-order valence-electron chi connectivity index (χ4n) is 2.33. The Hall–Kier alpha value is -1.42. The van der Waals surface area contributed by atoms with Crippen molar-refractivity contribution in [3.63, 3.8) is 0 Å². The zero-order chi connectivity index (χ0) is 16.1. The van der Waals surface area contributed by atoms with Gasteiger partial charge in [-0.05, 0) is 26.2 Å². The second kappa shape index (κ2) is 5.90. The van der Waals surface area contributed by atoms with Gasteiger partial charge in [0.15, 0.2) is 11.6 Å². The van der Waals surface area contributed by atoms with Crippen molar-refractivity contribution in [2.75, 3.05) is 14.1 Å². The predicted molar refractivity (Wildman–Crippen MR) is 84.6 cm³/mol. The summed E-state index contributed by atoms with van der Waals surface area (Å²) in [7, 11) is -0.666. The van der Waals surface area contributed by atoms with Gasteiger partial charge in [-0.15, -0.1) is 12.4 Å². The third-order valence-corrected chi connectivity index (χ3v) is 5.88. The van der Waals surface area contributed by atoms with E-state index in [4.69, 9.17) is 14.7 Å². The molecule has 1 aliphatic rings. The minimum absolute atomic E-state index is 0. The molecular formula is C13H19ClN4O4S. The highest BCUT2D eigenvalue weighted by molar-refractivity contribution is 7.89. The first-order chi connectivity index (χ1) is 10.2. The van der Waals surface area contributed by atoms with Gasteiger partial charge in [0.1, 0.15) is 10.7 Å². The standard InChI is InChI=1S/C13H18N4O4S.ClH/c1-8-10(22(18,19)17(2)3)7-9(20-8)11-15-12(16-21-11)13(14)5-4-6-13;/h7H,4-6,14H2,1-3H3;1H. The number of aromatic nitrogens is 2. The Morgan fingerprint density at radius 1 is 1.35 bits per heavy atom. The van der Waals surface area contributed by atoms with Crippen LogP contribution in [0.3, 0.4) is 0 Å². The van der Waals surface area contributed by atoms with E-state index in [1.54, 1.807) is 6.92 Å². The molecule has 128 valence electrons. The number of furan rings is 1. The van der Waals surface area contributed by atoms with E-state index in [2.05, 4.69) is 10.1 Å². The number of aryl methyl sites for hydroxylation is 1. The van der Waals surface area contributed by atoms with Crippen LogP contribution < -0.4 is 5.73 Å². The van der Waals surface area contributed by atoms with E-state index in [-0.39, 0.29) is 34.7 Å². The van der Waals surface area contributed by atoms with Gasteiger partial charge in [-0.3, -0.25) is 0 Å². The van der Waals surface area contributed by atoms with Crippen LogP contribution in [0.1, 0.15) is 30.8 Å². The van der Waals surface area contributed by atoms with Crippen LogP contribution in [0.2, 0.25) is 0 Å².